The van der Waals surface area contributed by atoms with Gasteiger partial charge >= 0.3 is 0 Å². The van der Waals surface area contributed by atoms with E-state index in [1.54, 1.807) is 0 Å². The second-order valence-electron chi connectivity index (χ2n) is 4.07. The highest BCUT2D eigenvalue weighted by Gasteiger charge is 2.61. The molecular weight excluding hydrogens is 128 g/mol. The maximum absolute atomic E-state index is 5.69. The van der Waals surface area contributed by atoms with E-state index in [1.807, 2.05) is 0 Å². The van der Waals surface area contributed by atoms with E-state index in [0.717, 1.165) is 6.42 Å². The Labute approximate surface area is 61.7 Å². The summed E-state index contributed by atoms with van der Waals surface area (Å²) < 4.78 is 0. The fourth-order valence-corrected chi connectivity index (χ4v) is 1.44. The average Bonchev–Trinajstić information content (AvgIpc) is 2.40. The molecule has 0 heterocycles. The summed E-state index contributed by atoms with van der Waals surface area (Å²) in [6.45, 7) is 6.27. The third kappa shape index (κ3) is 0.856. The largest absolute Gasteiger partial charge is 0.325 e. The van der Waals surface area contributed by atoms with Crippen LogP contribution in [-0.2, 0) is 4.84 Å². The second kappa shape index (κ2) is 1.94. The number of hydrogen-bond donors (Lipinski definition) is 2. The molecule has 1 unspecified atom stereocenters. The highest BCUT2D eigenvalue weighted by atomic mass is 16.6. The van der Waals surface area contributed by atoms with Crippen molar-refractivity contribution in [3.8, 4) is 0 Å². The van der Waals surface area contributed by atoms with Crippen molar-refractivity contribution in [2.45, 2.75) is 38.8 Å². The van der Waals surface area contributed by atoms with Gasteiger partial charge in [-0.1, -0.05) is 20.8 Å². The van der Waals surface area contributed by atoms with Crippen molar-refractivity contribution in [2.24, 2.45) is 17.0 Å². The van der Waals surface area contributed by atoms with Crippen molar-refractivity contribution >= 4 is 0 Å². The number of hydrogen-bond acceptors (Lipinski definition) is 3. The first kappa shape index (κ1) is 7.98. The van der Waals surface area contributed by atoms with Gasteiger partial charge in [0.2, 0.25) is 0 Å². The van der Waals surface area contributed by atoms with Crippen molar-refractivity contribution in [1.29, 1.82) is 0 Å². The summed E-state index contributed by atoms with van der Waals surface area (Å²) in [4.78, 5) is 4.90. The summed E-state index contributed by atoms with van der Waals surface area (Å²) in [5, 5.41) is 0. The molecule has 0 aromatic carbocycles. The average molecular weight is 144 g/mol. The molecule has 0 spiro atoms. The van der Waals surface area contributed by atoms with E-state index in [-0.39, 0.29) is 17.1 Å². The van der Waals surface area contributed by atoms with Crippen LogP contribution in [0.4, 0.5) is 0 Å². The molecule has 4 N–H and O–H groups in total. The van der Waals surface area contributed by atoms with Gasteiger partial charge in [0.25, 0.3) is 0 Å². The van der Waals surface area contributed by atoms with E-state index in [9.17, 15) is 0 Å². The molecule has 0 radical (unpaired) electrons. The Morgan fingerprint density at radius 1 is 1.50 bits per heavy atom. The predicted molar refractivity (Wildman–Crippen MR) is 40.1 cm³/mol. The van der Waals surface area contributed by atoms with Gasteiger partial charge in [-0.25, -0.2) is 5.90 Å². The van der Waals surface area contributed by atoms with Gasteiger partial charge in [-0.3, -0.25) is 4.84 Å². The minimum atomic E-state index is -0.257. The van der Waals surface area contributed by atoms with Crippen LogP contribution in [0.15, 0.2) is 0 Å². The van der Waals surface area contributed by atoms with E-state index in [2.05, 4.69) is 20.8 Å². The first-order chi connectivity index (χ1) is 4.44. The van der Waals surface area contributed by atoms with Crippen LogP contribution in [0.5, 0.6) is 0 Å². The Bertz CT molecular complexity index is 137. The van der Waals surface area contributed by atoms with Crippen molar-refractivity contribution in [2.75, 3.05) is 0 Å². The molecule has 2 atom stereocenters. The van der Waals surface area contributed by atoms with Crippen LogP contribution in [0.2, 0.25) is 0 Å². The molecule has 0 bridgehead atoms. The standard InChI is InChI=1S/C7H16N2O/c1-6(2,3)7(10-9)4-5(7)8/h5H,4,8-9H2,1-3H3/t5-,7?/m0/s1. The molecule has 1 saturated carbocycles. The number of rotatable bonds is 1. The highest BCUT2D eigenvalue weighted by Crippen LogP contribution is 2.50. The Morgan fingerprint density at radius 3 is 1.90 bits per heavy atom. The molecule has 10 heavy (non-hydrogen) atoms. The summed E-state index contributed by atoms with van der Waals surface area (Å²) in [6, 6.07) is 0.123. The van der Waals surface area contributed by atoms with Crippen LogP contribution in [0, 0.1) is 5.41 Å². The van der Waals surface area contributed by atoms with Gasteiger partial charge in [-0.15, -0.1) is 0 Å². The minimum Gasteiger partial charge on any atom is -0.325 e. The summed E-state index contributed by atoms with van der Waals surface area (Å²) in [6.07, 6.45) is 0.882. The van der Waals surface area contributed by atoms with Crippen LogP contribution in [0.3, 0.4) is 0 Å². The lowest BCUT2D eigenvalue weighted by Crippen LogP contribution is -2.39. The van der Waals surface area contributed by atoms with Crippen molar-refractivity contribution in [1.82, 2.24) is 0 Å². The third-order valence-electron chi connectivity index (χ3n) is 2.44. The molecule has 3 nitrogen and oxygen atoms in total. The second-order valence-corrected chi connectivity index (χ2v) is 4.07. The van der Waals surface area contributed by atoms with Gasteiger partial charge in [0.15, 0.2) is 0 Å². The molecule has 1 fully saturated rings. The van der Waals surface area contributed by atoms with Crippen LogP contribution in [-0.4, -0.2) is 11.6 Å². The number of nitrogens with two attached hydrogens (primary N) is 2. The zero-order chi connectivity index (χ0) is 7.99. The third-order valence-corrected chi connectivity index (χ3v) is 2.44. The molecule has 60 valence electrons. The summed E-state index contributed by atoms with van der Waals surface area (Å²) in [7, 11) is 0. The van der Waals surface area contributed by atoms with E-state index >= 15 is 0 Å². The maximum atomic E-state index is 5.69. The van der Waals surface area contributed by atoms with Crippen molar-refractivity contribution < 1.29 is 4.84 Å². The lowest BCUT2D eigenvalue weighted by atomic mass is 9.86. The molecule has 1 aliphatic carbocycles. The molecule has 1 aliphatic rings. The van der Waals surface area contributed by atoms with E-state index in [0.29, 0.717) is 0 Å². The van der Waals surface area contributed by atoms with Crippen molar-refractivity contribution in [3.05, 3.63) is 0 Å². The highest BCUT2D eigenvalue weighted by molar-refractivity contribution is 5.15. The Hall–Kier alpha value is -0.120. The quantitative estimate of drug-likeness (QED) is 0.523. The van der Waals surface area contributed by atoms with E-state index in [1.165, 1.54) is 0 Å². The Morgan fingerprint density at radius 2 is 1.90 bits per heavy atom. The van der Waals surface area contributed by atoms with Crippen molar-refractivity contribution in [3.63, 3.8) is 0 Å². The van der Waals surface area contributed by atoms with Gasteiger partial charge in [-0.2, -0.15) is 0 Å². The molecule has 0 aromatic heterocycles. The van der Waals surface area contributed by atoms with Gasteiger partial charge in [-0.05, 0) is 11.8 Å². The monoisotopic (exact) mass is 144 g/mol. The summed E-state index contributed by atoms with van der Waals surface area (Å²) in [5.41, 5.74) is 5.49. The Kier molecular flexibility index (Phi) is 1.54. The molecular formula is C7H16N2O. The van der Waals surface area contributed by atoms with Crippen LogP contribution >= 0.6 is 0 Å². The SMILES string of the molecule is CC(C)(C)C1(ON)C[C@@H]1N. The molecule has 3 heteroatoms. The topological polar surface area (TPSA) is 61.3 Å². The van der Waals surface area contributed by atoms with Crippen LogP contribution in [0.25, 0.3) is 0 Å². The maximum Gasteiger partial charge on any atom is 0.111 e. The Balaban J connectivity index is 2.69. The lowest BCUT2D eigenvalue weighted by molar-refractivity contribution is -0.0464. The van der Waals surface area contributed by atoms with Gasteiger partial charge in [0.1, 0.15) is 5.60 Å². The van der Waals surface area contributed by atoms with Gasteiger partial charge in [0.05, 0.1) is 0 Å². The molecule has 1 rings (SSSR count). The van der Waals surface area contributed by atoms with Crippen LogP contribution in [0.1, 0.15) is 27.2 Å². The zero-order valence-electron chi connectivity index (χ0n) is 6.85. The molecule has 0 aromatic rings. The summed E-state index contributed by atoms with van der Waals surface area (Å²) >= 11 is 0. The first-order valence-electron chi connectivity index (χ1n) is 3.57. The molecule has 0 aliphatic heterocycles. The zero-order valence-corrected chi connectivity index (χ0v) is 6.85. The minimum absolute atomic E-state index is 0.0567. The lowest BCUT2D eigenvalue weighted by Gasteiger charge is -2.29. The fraction of sp³-hybridized carbons (Fsp3) is 1.00. The van der Waals surface area contributed by atoms with Crippen LogP contribution < -0.4 is 11.6 Å². The first-order valence-corrected chi connectivity index (χ1v) is 3.57. The smallest absolute Gasteiger partial charge is 0.111 e. The van der Waals surface area contributed by atoms with E-state index in [4.69, 9.17) is 16.5 Å². The normalized spacial score (nSPS) is 39.9. The van der Waals surface area contributed by atoms with E-state index < -0.39 is 0 Å². The molecule has 0 saturated heterocycles. The van der Waals surface area contributed by atoms with Gasteiger partial charge < -0.3 is 5.73 Å². The molecule has 0 amide bonds. The predicted octanol–water partition coefficient (Wildman–Crippen LogP) is 0.393. The summed E-state index contributed by atoms with van der Waals surface area (Å²) in [5.74, 6) is 5.17. The fourth-order valence-electron chi connectivity index (χ4n) is 1.44. The van der Waals surface area contributed by atoms with Gasteiger partial charge in [0, 0.05) is 6.04 Å².